The zero-order valence-electron chi connectivity index (χ0n) is 18.7. The number of benzene rings is 2. The third-order valence-electron chi connectivity index (χ3n) is 7.12. The Morgan fingerprint density at radius 2 is 1.85 bits per heavy atom. The van der Waals surface area contributed by atoms with Crippen LogP contribution in [0.25, 0.3) is 0 Å². The summed E-state index contributed by atoms with van der Waals surface area (Å²) >= 11 is 1.61. The summed E-state index contributed by atoms with van der Waals surface area (Å²) in [6.45, 7) is 0.597. The molecular weight excluding hydrogens is 448 g/mol. The molecule has 0 radical (unpaired) electrons. The van der Waals surface area contributed by atoms with Crippen LogP contribution in [0.5, 0.6) is 11.5 Å². The molecule has 1 N–H and O–H groups in total. The maximum absolute atomic E-state index is 13.8. The molecular formula is C27H26N2O4S. The number of hydrogen-bond acceptors (Lipinski definition) is 5. The molecule has 0 spiro atoms. The molecule has 1 fully saturated rings. The second-order valence-electron chi connectivity index (χ2n) is 9.08. The number of amides is 2. The van der Waals surface area contributed by atoms with Crippen LogP contribution in [-0.2, 0) is 11.3 Å². The summed E-state index contributed by atoms with van der Waals surface area (Å²) in [6, 6.07) is 17.2. The van der Waals surface area contributed by atoms with Crippen molar-refractivity contribution in [2.75, 3.05) is 6.79 Å². The van der Waals surface area contributed by atoms with Crippen molar-refractivity contribution in [1.82, 2.24) is 10.2 Å². The lowest BCUT2D eigenvalue weighted by Crippen LogP contribution is -2.50. The number of nitrogens with zero attached hydrogens (tertiary/aromatic N) is 1. The third-order valence-corrected chi connectivity index (χ3v) is 8.06. The Bertz CT molecular complexity index is 1220. The molecule has 0 unspecified atom stereocenters. The average molecular weight is 475 g/mol. The van der Waals surface area contributed by atoms with E-state index in [4.69, 9.17) is 9.47 Å². The van der Waals surface area contributed by atoms with Gasteiger partial charge in [-0.3, -0.25) is 9.59 Å². The Hall–Kier alpha value is -3.32. The predicted molar refractivity (Wildman–Crippen MR) is 129 cm³/mol. The largest absolute Gasteiger partial charge is 0.454 e. The number of fused-ring (bicyclic) bond motifs is 2. The number of nitrogens with one attached hydrogen (secondary N) is 1. The summed E-state index contributed by atoms with van der Waals surface area (Å²) < 4.78 is 10.9. The van der Waals surface area contributed by atoms with Crippen molar-refractivity contribution in [2.45, 2.75) is 50.2 Å². The van der Waals surface area contributed by atoms with Crippen molar-refractivity contribution in [3.63, 3.8) is 0 Å². The van der Waals surface area contributed by atoms with Gasteiger partial charge in [0.2, 0.25) is 12.7 Å². The van der Waals surface area contributed by atoms with E-state index < -0.39 is 5.92 Å². The van der Waals surface area contributed by atoms with E-state index in [-0.39, 0.29) is 30.7 Å². The summed E-state index contributed by atoms with van der Waals surface area (Å²) in [5.41, 5.74) is 2.40. The van der Waals surface area contributed by atoms with Crippen LogP contribution in [0, 0.1) is 0 Å². The number of carbonyl (C=O) groups excluding carboxylic acids is 2. The second kappa shape index (κ2) is 8.80. The van der Waals surface area contributed by atoms with Gasteiger partial charge in [-0.05, 0) is 53.6 Å². The Labute approximate surface area is 202 Å². The summed E-state index contributed by atoms with van der Waals surface area (Å²) in [5, 5.41) is 5.17. The first kappa shape index (κ1) is 21.2. The molecule has 1 aliphatic carbocycles. The minimum absolute atomic E-state index is 0.0423. The fraction of sp³-hybridized carbons (Fsp3) is 0.333. The molecule has 3 aliphatic rings. The fourth-order valence-electron chi connectivity index (χ4n) is 5.53. The van der Waals surface area contributed by atoms with Gasteiger partial charge in [0, 0.05) is 23.0 Å². The van der Waals surface area contributed by atoms with Gasteiger partial charge in [-0.25, -0.2) is 0 Å². The van der Waals surface area contributed by atoms with Gasteiger partial charge in [0.15, 0.2) is 11.5 Å². The van der Waals surface area contributed by atoms with Crippen molar-refractivity contribution in [3.05, 3.63) is 81.5 Å². The highest BCUT2D eigenvalue weighted by Gasteiger charge is 2.47. The van der Waals surface area contributed by atoms with Crippen LogP contribution in [0.4, 0.5) is 0 Å². The van der Waals surface area contributed by atoms with Gasteiger partial charge in [-0.1, -0.05) is 43.2 Å². The van der Waals surface area contributed by atoms with Crippen LogP contribution in [0.15, 0.2) is 60.0 Å². The molecule has 2 aromatic carbocycles. The number of carbonyl (C=O) groups is 2. The smallest absolute Gasteiger partial charge is 0.254 e. The number of thiophene rings is 1. The van der Waals surface area contributed by atoms with Gasteiger partial charge < -0.3 is 19.7 Å². The number of ether oxygens (including phenoxy) is 2. The molecule has 6 rings (SSSR count). The normalized spacial score (nSPS) is 21.5. The molecule has 174 valence electrons. The van der Waals surface area contributed by atoms with Gasteiger partial charge in [0.1, 0.15) is 0 Å². The Balaban J connectivity index is 1.36. The zero-order valence-corrected chi connectivity index (χ0v) is 19.6. The van der Waals surface area contributed by atoms with Crippen LogP contribution >= 0.6 is 11.3 Å². The predicted octanol–water partition coefficient (Wildman–Crippen LogP) is 5.02. The van der Waals surface area contributed by atoms with Gasteiger partial charge in [-0.2, -0.15) is 0 Å². The Morgan fingerprint density at radius 1 is 1.03 bits per heavy atom. The van der Waals surface area contributed by atoms with Crippen molar-refractivity contribution < 1.29 is 19.1 Å². The molecule has 7 heteroatoms. The molecule has 0 saturated heterocycles. The highest BCUT2D eigenvalue weighted by Crippen LogP contribution is 2.47. The molecule has 0 bridgehead atoms. The van der Waals surface area contributed by atoms with Gasteiger partial charge in [0.05, 0.1) is 12.0 Å². The lowest BCUT2D eigenvalue weighted by atomic mass is 9.80. The lowest BCUT2D eigenvalue weighted by Gasteiger charge is -2.44. The molecule has 2 atom stereocenters. The first-order chi connectivity index (χ1) is 16.7. The van der Waals surface area contributed by atoms with Gasteiger partial charge in [-0.15, -0.1) is 11.3 Å². The molecule has 3 aromatic rings. The highest BCUT2D eigenvalue weighted by atomic mass is 32.1. The van der Waals surface area contributed by atoms with Crippen molar-refractivity contribution in [2.24, 2.45) is 0 Å². The van der Waals surface area contributed by atoms with Gasteiger partial charge >= 0.3 is 0 Å². The van der Waals surface area contributed by atoms with E-state index >= 15 is 0 Å². The first-order valence-corrected chi connectivity index (χ1v) is 12.7. The van der Waals surface area contributed by atoms with E-state index in [1.165, 1.54) is 0 Å². The first-order valence-electron chi connectivity index (χ1n) is 11.8. The minimum Gasteiger partial charge on any atom is -0.454 e. The van der Waals surface area contributed by atoms with Crippen LogP contribution in [-0.4, -0.2) is 29.5 Å². The van der Waals surface area contributed by atoms with Crippen molar-refractivity contribution in [1.29, 1.82) is 0 Å². The van der Waals surface area contributed by atoms with E-state index in [1.54, 1.807) is 11.3 Å². The van der Waals surface area contributed by atoms with E-state index in [1.807, 2.05) is 58.8 Å². The number of hydrogen-bond donors (Lipinski definition) is 1. The maximum atomic E-state index is 13.8. The topological polar surface area (TPSA) is 67.9 Å². The quantitative estimate of drug-likeness (QED) is 0.564. The van der Waals surface area contributed by atoms with E-state index in [2.05, 4.69) is 11.4 Å². The molecule has 1 saturated carbocycles. The van der Waals surface area contributed by atoms with Crippen LogP contribution in [0.3, 0.4) is 0 Å². The van der Waals surface area contributed by atoms with E-state index in [9.17, 15) is 9.59 Å². The SMILES string of the molecule is O=C(NCc1ccc2c(c1)OCO2)[C@H]1c2ccccc2C(=O)N(C2CCCC2)[C@H]1c1cccs1. The number of rotatable bonds is 5. The summed E-state index contributed by atoms with van der Waals surface area (Å²) in [4.78, 5) is 30.7. The molecule has 2 aliphatic heterocycles. The van der Waals surface area contributed by atoms with E-state index in [0.717, 1.165) is 47.4 Å². The van der Waals surface area contributed by atoms with Crippen LogP contribution in [0.2, 0.25) is 0 Å². The Morgan fingerprint density at radius 3 is 2.68 bits per heavy atom. The van der Waals surface area contributed by atoms with Crippen molar-refractivity contribution >= 4 is 23.2 Å². The minimum atomic E-state index is -0.470. The molecule has 3 heterocycles. The van der Waals surface area contributed by atoms with Crippen LogP contribution in [0.1, 0.15) is 64.0 Å². The molecule has 34 heavy (non-hydrogen) atoms. The van der Waals surface area contributed by atoms with Crippen molar-refractivity contribution in [3.8, 4) is 11.5 Å². The fourth-order valence-corrected chi connectivity index (χ4v) is 6.39. The summed E-state index contributed by atoms with van der Waals surface area (Å²) in [7, 11) is 0. The average Bonchev–Trinajstić information content (AvgIpc) is 3.65. The highest BCUT2D eigenvalue weighted by molar-refractivity contribution is 7.10. The molecule has 2 amide bonds. The summed E-state index contributed by atoms with van der Waals surface area (Å²) in [6.07, 6.45) is 4.21. The molecule has 1 aromatic heterocycles. The summed E-state index contributed by atoms with van der Waals surface area (Å²) in [5.74, 6) is 0.922. The zero-order chi connectivity index (χ0) is 23.1. The van der Waals surface area contributed by atoms with Gasteiger partial charge in [0.25, 0.3) is 5.91 Å². The van der Waals surface area contributed by atoms with E-state index in [0.29, 0.717) is 17.9 Å². The standard InChI is InChI=1S/C27H26N2O4S/c30-26(28-15-17-11-12-21-22(14-17)33-16-32-21)24-19-8-3-4-9-20(19)27(31)29(18-6-1-2-7-18)25(24)23-10-5-13-34-23/h3-5,8-14,18,24-25H,1-2,6-7,15-16H2,(H,28,30)/t24-,25-/m0/s1. The van der Waals surface area contributed by atoms with Crippen LogP contribution < -0.4 is 14.8 Å². The second-order valence-corrected chi connectivity index (χ2v) is 10.1. The Kier molecular flexibility index (Phi) is 5.49. The maximum Gasteiger partial charge on any atom is 0.254 e. The molecule has 6 nitrogen and oxygen atoms in total. The third kappa shape index (κ3) is 3.64. The lowest BCUT2D eigenvalue weighted by molar-refractivity contribution is -0.124. The monoisotopic (exact) mass is 474 g/mol.